The second-order valence-electron chi connectivity index (χ2n) is 6.23. The summed E-state index contributed by atoms with van der Waals surface area (Å²) in [6.45, 7) is 2.12. The van der Waals surface area contributed by atoms with Gasteiger partial charge in [0.1, 0.15) is 5.82 Å². The molecule has 4 heterocycles. The molecule has 3 aromatic heterocycles. The topological polar surface area (TPSA) is 96.1 Å². The number of aliphatic hydroxyl groups is 1. The van der Waals surface area contributed by atoms with E-state index < -0.39 is 6.10 Å². The van der Waals surface area contributed by atoms with Gasteiger partial charge >= 0.3 is 0 Å². The Morgan fingerprint density at radius 2 is 2.00 bits per heavy atom. The fourth-order valence-electron chi connectivity index (χ4n) is 3.09. The highest BCUT2D eigenvalue weighted by atomic mass is 35.5. The molecule has 0 amide bonds. The molecule has 1 atom stereocenters. The van der Waals surface area contributed by atoms with Crippen molar-refractivity contribution >= 4 is 30.6 Å². The molecule has 0 bridgehead atoms. The van der Waals surface area contributed by atoms with Crippen LogP contribution in [0, 0.1) is 0 Å². The number of aromatic nitrogens is 3. The van der Waals surface area contributed by atoms with Crippen molar-refractivity contribution in [2.24, 2.45) is 0 Å². The van der Waals surface area contributed by atoms with Crippen molar-refractivity contribution in [3.63, 3.8) is 0 Å². The maximum Gasteiger partial charge on any atom is 0.197 e. The summed E-state index contributed by atoms with van der Waals surface area (Å²) in [4.78, 5) is 13.4. The molecule has 0 radical (unpaired) electrons. The van der Waals surface area contributed by atoms with Crippen LogP contribution in [0.2, 0.25) is 0 Å². The highest BCUT2D eigenvalue weighted by Crippen LogP contribution is 2.25. The van der Waals surface area contributed by atoms with E-state index in [9.17, 15) is 5.11 Å². The van der Waals surface area contributed by atoms with Crippen LogP contribution in [0.5, 0.6) is 0 Å². The van der Waals surface area contributed by atoms with Crippen LogP contribution in [-0.2, 0) is 12.8 Å². The van der Waals surface area contributed by atoms with Gasteiger partial charge in [0.05, 0.1) is 18.1 Å². The van der Waals surface area contributed by atoms with Crippen molar-refractivity contribution in [3.8, 4) is 11.6 Å². The molecule has 7 nitrogen and oxygen atoms in total. The van der Waals surface area contributed by atoms with Gasteiger partial charge in [-0.25, -0.2) is 9.97 Å². The van der Waals surface area contributed by atoms with Crippen molar-refractivity contribution in [3.05, 3.63) is 59.7 Å². The number of fused-ring (bicyclic) bond motifs is 1. The van der Waals surface area contributed by atoms with E-state index in [1.165, 1.54) is 0 Å². The summed E-state index contributed by atoms with van der Waals surface area (Å²) in [6.07, 6.45) is 6.00. The minimum Gasteiger partial charge on any atom is -0.461 e. The number of hydrogen-bond donors (Lipinski definition) is 3. The van der Waals surface area contributed by atoms with Gasteiger partial charge in [-0.15, -0.1) is 24.8 Å². The lowest BCUT2D eigenvalue weighted by molar-refractivity contribution is 0.191. The van der Waals surface area contributed by atoms with Gasteiger partial charge in [-0.3, -0.25) is 4.98 Å². The summed E-state index contributed by atoms with van der Waals surface area (Å²) in [5.74, 6) is 1.96. The number of nitrogens with zero attached hydrogens (tertiary/aromatic N) is 3. The zero-order chi connectivity index (χ0) is 17.8. The van der Waals surface area contributed by atoms with E-state index in [0.717, 1.165) is 48.6 Å². The molecule has 1 unspecified atom stereocenters. The van der Waals surface area contributed by atoms with Gasteiger partial charge < -0.3 is 20.2 Å². The molecule has 0 saturated heterocycles. The lowest BCUT2D eigenvalue weighted by Crippen LogP contribution is -2.17. The van der Waals surface area contributed by atoms with Crippen LogP contribution in [-0.4, -0.2) is 39.7 Å². The largest absolute Gasteiger partial charge is 0.461 e. The predicted octanol–water partition coefficient (Wildman–Crippen LogP) is 2.81. The van der Waals surface area contributed by atoms with Crippen molar-refractivity contribution in [1.29, 1.82) is 0 Å². The first kappa shape index (κ1) is 22.1. The maximum absolute atomic E-state index is 10.4. The molecule has 150 valence electrons. The molecule has 1 aliphatic rings. The fraction of sp³-hybridized carbons (Fsp3) is 0.316. The number of aliphatic hydroxyl groups excluding tert-OH is 1. The van der Waals surface area contributed by atoms with Gasteiger partial charge in [0.25, 0.3) is 0 Å². The van der Waals surface area contributed by atoms with Crippen LogP contribution in [0.15, 0.2) is 47.3 Å². The summed E-state index contributed by atoms with van der Waals surface area (Å²) in [5, 5.41) is 17.1. The van der Waals surface area contributed by atoms with Crippen LogP contribution in [0.3, 0.4) is 0 Å². The molecule has 28 heavy (non-hydrogen) atoms. The summed E-state index contributed by atoms with van der Waals surface area (Å²) < 4.78 is 5.47. The number of hydrogen-bond acceptors (Lipinski definition) is 7. The van der Waals surface area contributed by atoms with Crippen molar-refractivity contribution in [2.45, 2.75) is 18.9 Å². The smallest absolute Gasteiger partial charge is 0.197 e. The molecular weight excluding hydrogens is 401 g/mol. The van der Waals surface area contributed by atoms with Crippen molar-refractivity contribution in [1.82, 2.24) is 20.3 Å². The van der Waals surface area contributed by atoms with Crippen LogP contribution >= 0.6 is 24.8 Å². The molecular formula is C19H23Cl2N5O2. The van der Waals surface area contributed by atoms with Gasteiger partial charge in [0.2, 0.25) is 0 Å². The van der Waals surface area contributed by atoms with E-state index >= 15 is 0 Å². The molecule has 9 heteroatoms. The zero-order valence-corrected chi connectivity index (χ0v) is 16.8. The lowest BCUT2D eigenvalue weighted by Gasteiger charge is -2.16. The molecule has 3 N–H and O–H groups in total. The number of nitrogens with one attached hydrogen (secondary N) is 2. The first-order valence-corrected chi connectivity index (χ1v) is 8.77. The second-order valence-corrected chi connectivity index (χ2v) is 6.23. The Bertz CT molecular complexity index is 862. The van der Waals surface area contributed by atoms with Crippen LogP contribution < -0.4 is 10.6 Å². The number of furan rings is 1. The monoisotopic (exact) mass is 423 g/mol. The average molecular weight is 424 g/mol. The molecule has 3 aromatic rings. The van der Waals surface area contributed by atoms with Crippen LogP contribution in [0.1, 0.15) is 22.9 Å². The Kier molecular flexibility index (Phi) is 8.19. The number of rotatable bonds is 5. The third kappa shape index (κ3) is 4.99. The van der Waals surface area contributed by atoms with E-state index in [4.69, 9.17) is 9.40 Å². The Balaban J connectivity index is 0.00000140. The predicted molar refractivity (Wildman–Crippen MR) is 112 cm³/mol. The standard InChI is InChI=1S/C19H21N5O2.2ClH/c25-16(13-3-1-7-21-11-13)12-22-18-14-5-8-20-9-6-15(14)23-19(24-18)17-4-2-10-26-17;;/h1-4,7,10-11,16,20,25H,5-6,8-9,12H2,(H,22,23,24);2*1H. The van der Waals surface area contributed by atoms with E-state index in [0.29, 0.717) is 18.1 Å². The zero-order valence-electron chi connectivity index (χ0n) is 15.2. The number of halogens is 2. The molecule has 0 saturated carbocycles. The number of pyridine rings is 1. The summed E-state index contributed by atoms with van der Waals surface area (Å²) >= 11 is 0. The minimum absolute atomic E-state index is 0. The maximum atomic E-state index is 10.4. The van der Waals surface area contributed by atoms with Gasteiger partial charge in [-0.2, -0.15) is 0 Å². The van der Waals surface area contributed by atoms with Gasteiger partial charge in [0, 0.05) is 43.0 Å². The minimum atomic E-state index is -0.662. The van der Waals surface area contributed by atoms with Gasteiger partial charge in [-0.05, 0) is 31.2 Å². The Morgan fingerprint density at radius 1 is 1.14 bits per heavy atom. The Morgan fingerprint density at radius 3 is 2.75 bits per heavy atom. The van der Waals surface area contributed by atoms with E-state index in [1.807, 2.05) is 24.3 Å². The third-order valence-electron chi connectivity index (χ3n) is 4.46. The van der Waals surface area contributed by atoms with Crippen LogP contribution in [0.4, 0.5) is 5.82 Å². The molecule has 0 aliphatic carbocycles. The fourth-order valence-corrected chi connectivity index (χ4v) is 3.09. The van der Waals surface area contributed by atoms with Gasteiger partial charge in [0.15, 0.2) is 11.6 Å². The molecule has 1 aliphatic heterocycles. The molecule has 0 fully saturated rings. The van der Waals surface area contributed by atoms with Crippen molar-refractivity contribution < 1.29 is 9.52 Å². The quantitative estimate of drug-likeness (QED) is 0.580. The highest BCUT2D eigenvalue weighted by molar-refractivity contribution is 5.85. The summed E-state index contributed by atoms with van der Waals surface area (Å²) in [7, 11) is 0. The van der Waals surface area contributed by atoms with E-state index in [2.05, 4.69) is 20.6 Å². The third-order valence-corrected chi connectivity index (χ3v) is 4.46. The van der Waals surface area contributed by atoms with E-state index in [-0.39, 0.29) is 24.8 Å². The summed E-state index contributed by atoms with van der Waals surface area (Å²) in [5.41, 5.74) is 2.89. The molecule has 0 spiro atoms. The normalized spacial score (nSPS) is 14.0. The Hall–Kier alpha value is -2.19. The number of anilines is 1. The first-order chi connectivity index (χ1) is 12.8. The SMILES string of the molecule is Cl.Cl.OC(CNc1nc(-c2ccco2)nc2c1CCNCC2)c1cccnc1. The highest BCUT2D eigenvalue weighted by Gasteiger charge is 2.19. The first-order valence-electron chi connectivity index (χ1n) is 8.77. The second kappa shape index (κ2) is 10.4. The average Bonchev–Trinajstić information content (AvgIpc) is 3.12. The van der Waals surface area contributed by atoms with Crippen LogP contribution in [0.25, 0.3) is 11.6 Å². The Labute approximate surface area is 175 Å². The van der Waals surface area contributed by atoms with Crippen molar-refractivity contribution in [2.75, 3.05) is 25.0 Å². The molecule has 4 rings (SSSR count). The lowest BCUT2D eigenvalue weighted by atomic mass is 10.1. The van der Waals surface area contributed by atoms with E-state index in [1.54, 1.807) is 18.7 Å². The molecule has 0 aromatic carbocycles. The summed E-state index contributed by atoms with van der Waals surface area (Å²) in [6, 6.07) is 7.35. The van der Waals surface area contributed by atoms with Gasteiger partial charge in [-0.1, -0.05) is 6.07 Å².